The van der Waals surface area contributed by atoms with Gasteiger partial charge in [-0.05, 0) is 30.9 Å². The van der Waals surface area contributed by atoms with Crippen LogP contribution in [-0.2, 0) is 16.1 Å². The van der Waals surface area contributed by atoms with Gasteiger partial charge in [-0.2, -0.15) is 0 Å². The second-order valence-electron chi connectivity index (χ2n) is 8.25. The number of methoxy groups -OCH3 is 1. The number of ether oxygens (including phenoxy) is 1. The topological polar surface area (TPSA) is 64.4 Å². The third kappa shape index (κ3) is 5.91. The molecular formula is C24H37N3O3. The summed E-state index contributed by atoms with van der Waals surface area (Å²) in [5.74, 6) is 1.07. The van der Waals surface area contributed by atoms with Crippen LogP contribution in [0.3, 0.4) is 0 Å². The molecular weight excluding hydrogens is 378 g/mol. The molecule has 2 aromatic rings. The van der Waals surface area contributed by atoms with Crippen LogP contribution in [0.2, 0.25) is 0 Å². The molecule has 1 aromatic carbocycles. The van der Waals surface area contributed by atoms with E-state index in [1.165, 1.54) is 0 Å². The van der Waals surface area contributed by atoms with Crippen molar-refractivity contribution in [3.63, 3.8) is 0 Å². The molecule has 0 aliphatic heterocycles. The van der Waals surface area contributed by atoms with Crippen LogP contribution >= 0.6 is 0 Å². The van der Waals surface area contributed by atoms with Crippen LogP contribution in [-0.4, -0.2) is 40.6 Å². The minimum Gasteiger partial charge on any atom is -0.383 e. The number of benzene rings is 1. The number of rotatable bonds is 12. The highest BCUT2D eigenvalue weighted by Crippen LogP contribution is 2.26. The van der Waals surface area contributed by atoms with Gasteiger partial charge >= 0.3 is 0 Å². The maximum Gasteiger partial charge on any atom is 0.261 e. The number of hydrogen-bond acceptors (Lipinski definition) is 4. The molecule has 0 saturated heterocycles. The molecule has 1 heterocycles. The van der Waals surface area contributed by atoms with E-state index in [4.69, 9.17) is 9.72 Å². The highest BCUT2D eigenvalue weighted by molar-refractivity contribution is 5.78. The standard InChI is InChI=1S/C24H37N3O3/c1-6-8-11-14-26(22(28)17-18(3)4)21(7-2)23-25-20-13-10-9-12-19(20)24(29)27(23)15-16-30-5/h9-10,12-13,18,21H,6-8,11,14-17H2,1-5H3. The second kappa shape index (κ2) is 11.8. The molecule has 6 nitrogen and oxygen atoms in total. The fourth-order valence-electron chi connectivity index (χ4n) is 3.83. The second-order valence-corrected chi connectivity index (χ2v) is 8.25. The van der Waals surface area contributed by atoms with Crippen molar-refractivity contribution in [1.29, 1.82) is 0 Å². The fourth-order valence-corrected chi connectivity index (χ4v) is 3.83. The van der Waals surface area contributed by atoms with Crippen molar-refractivity contribution in [2.45, 2.75) is 72.4 Å². The molecule has 166 valence electrons. The summed E-state index contributed by atoms with van der Waals surface area (Å²) < 4.78 is 6.96. The van der Waals surface area contributed by atoms with Gasteiger partial charge in [0.15, 0.2) is 0 Å². The molecule has 1 aromatic heterocycles. The van der Waals surface area contributed by atoms with Crippen molar-refractivity contribution in [2.24, 2.45) is 5.92 Å². The molecule has 0 fully saturated rings. The molecule has 6 heteroatoms. The van der Waals surface area contributed by atoms with Crippen molar-refractivity contribution in [1.82, 2.24) is 14.5 Å². The van der Waals surface area contributed by atoms with E-state index in [1.54, 1.807) is 11.7 Å². The number of aromatic nitrogens is 2. The van der Waals surface area contributed by atoms with E-state index < -0.39 is 0 Å². The van der Waals surface area contributed by atoms with E-state index in [2.05, 4.69) is 27.7 Å². The molecule has 0 bridgehead atoms. The zero-order valence-corrected chi connectivity index (χ0v) is 19.2. The summed E-state index contributed by atoms with van der Waals surface area (Å²) >= 11 is 0. The lowest BCUT2D eigenvalue weighted by atomic mass is 10.1. The van der Waals surface area contributed by atoms with Crippen LogP contribution in [0.1, 0.15) is 71.7 Å². The highest BCUT2D eigenvalue weighted by atomic mass is 16.5. The van der Waals surface area contributed by atoms with E-state index in [0.29, 0.717) is 49.3 Å². The molecule has 0 radical (unpaired) electrons. The van der Waals surface area contributed by atoms with E-state index in [-0.39, 0.29) is 23.4 Å². The predicted octanol–water partition coefficient (Wildman–Crippen LogP) is 4.56. The summed E-state index contributed by atoms with van der Waals surface area (Å²) in [6.07, 6.45) is 4.32. The normalized spacial score (nSPS) is 12.5. The lowest BCUT2D eigenvalue weighted by Gasteiger charge is -2.33. The first kappa shape index (κ1) is 24.1. The van der Waals surface area contributed by atoms with E-state index in [1.807, 2.05) is 29.2 Å². The van der Waals surface area contributed by atoms with Gasteiger partial charge in [0, 0.05) is 20.1 Å². The lowest BCUT2D eigenvalue weighted by Crippen LogP contribution is -2.40. The number of para-hydroxylation sites is 1. The quantitative estimate of drug-likeness (QED) is 0.477. The van der Waals surface area contributed by atoms with Crippen LogP contribution in [0.5, 0.6) is 0 Å². The lowest BCUT2D eigenvalue weighted by molar-refractivity contribution is -0.135. The number of carbonyl (C=O) groups excluding carboxylic acids is 1. The van der Waals surface area contributed by atoms with Gasteiger partial charge in [-0.1, -0.05) is 52.7 Å². The van der Waals surface area contributed by atoms with Gasteiger partial charge in [-0.25, -0.2) is 4.98 Å². The predicted molar refractivity (Wildman–Crippen MR) is 122 cm³/mol. The summed E-state index contributed by atoms with van der Waals surface area (Å²) in [6, 6.07) is 7.18. The van der Waals surface area contributed by atoms with Gasteiger partial charge in [0.1, 0.15) is 5.82 Å². The Morgan fingerprint density at radius 3 is 2.57 bits per heavy atom. The van der Waals surface area contributed by atoms with E-state index in [0.717, 1.165) is 19.3 Å². The zero-order chi connectivity index (χ0) is 22.1. The first-order valence-corrected chi connectivity index (χ1v) is 11.2. The molecule has 0 N–H and O–H groups in total. The van der Waals surface area contributed by atoms with E-state index in [9.17, 15) is 9.59 Å². The number of amides is 1. The molecule has 0 spiro atoms. The third-order valence-electron chi connectivity index (χ3n) is 5.38. The van der Waals surface area contributed by atoms with Gasteiger partial charge in [-0.15, -0.1) is 0 Å². The number of nitrogens with zero attached hydrogens (tertiary/aromatic N) is 3. The Balaban J connectivity index is 2.57. The Bertz CT molecular complexity index is 876. The van der Waals surface area contributed by atoms with Gasteiger partial charge in [-0.3, -0.25) is 14.2 Å². The summed E-state index contributed by atoms with van der Waals surface area (Å²) in [7, 11) is 1.62. The largest absolute Gasteiger partial charge is 0.383 e. The number of fused-ring (bicyclic) bond motifs is 1. The van der Waals surface area contributed by atoms with Crippen LogP contribution in [0.25, 0.3) is 10.9 Å². The molecule has 1 amide bonds. The first-order chi connectivity index (χ1) is 14.4. The molecule has 1 unspecified atom stereocenters. The van der Waals surface area contributed by atoms with E-state index >= 15 is 0 Å². The monoisotopic (exact) mass is 415 g/mol. The number of carbonyl (C=O) groups is 1. The van der Waals surface area contributed by atoms with Crippen LogP contribution in [0.15, 0.2) is 29.1 Å². The minimum atomic E-state index is -0.234. The Kier molecular flexibility index (Phi) is 9.50. The van der Waals surface area contributed by atoms with Crippen molar-refractivity contribution in [2.75, 3.05) is 20.3 Å². The average Bonchev–Trinajstić information content (AvgIpc) is 2.72. The fraction of sp³-hybridized carbons (Fsp3) is 0.625. The van der Waals surface area contributed by atoms with Crippen LogP contribution in [0.4, 0.5) is 0 Å². The van der Waals surface area contributed by atoms with Gasteiger partial charge in [0.05, 0.1) is 30.1 Å². The molecule has 2 rings (SSSR count). The molecule has 0 aliphatic rings. The van der Waals surface area contributed by atoms with Crippen molar-refractivity contribution in [3.05, 3.63) is 40.4 Å². The van der Waals surface area contributed by atoms with Gasteiger partial charge in [0.25, 0.3) is 5.56 Å². The first-order valence-electron chi connectivity index (χ1n) is 11.2. The molecule has 0 aliphatic carbocycles. The number of unbranched alkanes of at least 4 members (excludes halogenated alkanes) is 2. The van der Waals surface area contributed by atoms with Crippen molar-refractivity contribution >= 4 is 16.8 Å². The minimum absolute atomic E-state index is 0.0732. The van der Waals surface area contributed by atoms with Gasteiger partial charge < -0.3 is 9.64 Å². The van der Waals surface area contributed by atoms with Gasteiger partial charge in [0.2, 0.25) is 5.91 Å². The van der Waals surface area contributed by atoms with Crippen LogP contribution < -0.4 is 5.56 Å². The van der Waals surface area contributed by atoms with Crippen molar-refractivity contribution in [3.8, 4) is 0 Å². The smallest absolute Gasteiger partial charge is 0.261 e. The Morgan fingerprint density at radius 2 is 1.93 bits per heavy atom. The zero-order valence-electron chi connectivity index (χ0n) is 19.2. The Hall–Kier alpha value is -2.21. The summed E-state index contributed by atoms with van der Waals surface area (Å²) in [4.78, 5) is 33.3. The summed E-state index contributed by atoms with van der Waals surface area (Å²) in [5, 5.41) is 0.596. The molecule has 0 saturated carbocycles. The average molecular weight is 416 g/mol. The Morgan fingerprint density at radius 1 is 1.20 bits per heavy atom. The number of hydrogen-bond donors (Lipinski definition) is 0. The SMILES string of the molecule is CCCCCN(C(=O)CC(C)C)C(CC)c1nc2ccccc2c(=O)n1CCOC. The molecule has 1 atom stereocenters. The molecule has 30 heavy (non-hydrogen) atoms. The van der Waals surface area contributed by atoms with Crippen molar-refractivity contribution < 1.29 is 9.53 Å². The third-order valence-corrected chi connectivity index (χ3v) is 5.38. The van der Waals surface area contributed by atoms with Crippen LogP contribution in [0, 0.1) is 5.92 Å². The maximum atomic E-state index is 13.3. The maximum absolute atomic E-state index is 13.3. The summed E-state index contributed by atoms with van der Waals surface area (Å²) in [5.41, 5.74) is 0.602. The summed E-state index contributed by atoms with van der Waals surface area (Å²) in [6.45, 7) is 9.86. The highest BCUT2D eigenvalue weighted by Gasteiger charge is 2.28. The Labute approximate surface area is 180 Å².